The lowest BCUT2D eigenvalue weighted by Gasteiger charge is -2.31. The van der Waals surface area contributed by atoms with Crippen molar-refractivity contribution in [2.24, 2.45) is 0 Å². The minimum absolute atomic E-state index is 0.0856. The minimum atomic E-state index is -0.304. The average molecular weight is 263 g/mol. The zero-order valence-corrected chi connectivity index (χ0v) is 11.2. The third-order valence-electron chi connectivity index (χ3n) is 3.19. The summed E-state index contributed by atoms with van der Waals surface area (Å²) in [5, 5.41) is 9.42. The molecule has 0 aliphatic heterocycles. The summed E-state index contributed by atoms with van der Waals surface area (Å²) in [5.74, 6) is -0.304. The van der Waals surface area contributed by atoms with Crippen LogP contribution in [0.5, 0.6) is 0 Å². The molecule has 1 aliphatic rings. The summed E-state index contributed by atoms with van der Waals surface area (Å²) < 4.78 is 0. The molecule has 104 valence electrons. The molecule has 0 bridgehead atoms. The number of amides is 2. The van der Waals surface area contributed by atoms with Gasteiger partial charge in [0.25, 0.3) is 5.91 Å². The predicted molar refractivity (Wildman–Crippen MR) is 74.3 cm³/mol. The lowest BCUT2D eigenvalue weighted by atomic mass is 9.92. The quantitative estimate of drug-likeness (QED) is 0.468. The van der Waals surface area contributed by atoms with E-state index in [-0.39, 0.29) is 18.1 Å². The molecule has 4 nitrogen and oxygen atoms in total. The lowest BCUT2D eigenvalue weighted by molar-refractivity contribution is -0.138. The van der Waals surface area contributed by atoms with Crippen LogP contribution in [-0.4, -0.2) is 34.5 Å². The van der Waals surface area contributed by atoms with E-state index in [0.29, 0.717) is 32.1 Å². The molecule has 0 aromatic carbocycles. The molecule has 2 amide bonds. The van der Waals surface area contributed by atoms with Crippen LogP contribution < -0.4 is 0 Å². The van der Waals surface area contributed by atoms with Gasteiger partial charge in [-0.1, -0.05) is 30.4 Å². The van der Waals surface area contributed by atoms with Crippen LogP contribution in [0, 0.1) is 0 Å². The molecular formula is C15H21NO3. The second kappa shape index (κ2) is 8.43. The Balaban J connectivity index is 2.54. The third kappa shape index (κ3) is 5.22. The molecule has 0 aromatic heterocycles. The third-order valence-corrected chi connectivity index (χ3v) is 3.19. The predicted octanol–water partition coefficient (Wildman–Crippen LogP) is 1.96. The first-order chi connectivity index (χ1) is 9.19. The van der Waals surface area contributed by atoms with Crippen molar-refractivity contribution in [1.29, 1.82) is 0 Å². The van der Waals surface area contributed by atoms with Gasteiger partial charge in [0.15, 0.2) is 0 Å². The van der Waals surface area contributed by atoms with E-state index in [1.54, 1.807) is 12.2 Å². The van der Waals surface area contributed by atoms with Crippen molar-refractivity contribution >= 4 is 12.3 Å². The van der Waals surface area contributed by atoms with E-state index in [9.17, 15) is 14.7 Å². The SMILES string of the molecule is C\C=C/C=C\C=C\C(=O)N(C=O)C1CCC(O)CC1. The molecule has 1 aliphatic carbocycles. The van der Waals surface area contributed by atoms with Crippen molar-refractivity contribution in [2.45, 2.75) is 44.8 Å². The Morgan fingerprint density at radius 2 is 1.74 bits per heavy atom. The number of carbonyl (C=O) groups is 2. The number of hydrogen-bond acceptors (Lipinski definition) is 3. The van der Waals surface area contributed by atoms with E-state index < -0.39 is 0 Å². The fourth-order valence-corrected chi connectivity index (χ4v) is 2.12. The van der Waals surface area contributed by atoms with Gasteiger partial charge < -0.3 is 5.11 Å². The molecule has 1 fully saturated rings. The second-order valence-corrected chi connectivity index (χ2v) is 4.58. The summed E-state index contributed by atoms with van der Waals surface area (Å²) >= 11 is 0. The first-order valence-corrected chi connectivity index (χ1v) is 6.60. The fraction of sp³-hybridized carbons (Fsp3) is 0.467. The monoisotopic (exact) mass is 263 g/mol. The molecule has 0 saturated heterocycles. The zero-order chi connectivity index (χ0) is 14.1. The van der Waals surface area contributed by atoms with E-state index in [0.717, 1.165) is 0 Å². The summed E-state index contributed by atoms with van der Waals surface area (Å²) in [7, 11) is 0. The number of imide groups is 1. The molecule has 1 rings (SSSR count). The number of hydrogen-bond donors (Lipinski definition) is 1. The maximum Gasteiger partial charge on any atom is 0.253 e. The van der Waals surface area contributed by atoms with Crippen LogP contribution in [0.3, 0.4) is 0 Å². The van der Waals surface area contributed by atoms with Gasteiger partial charge >= 0.3 is 0 Å². The molecule has 1 saturated carbocycles. The van der Waals surface area contributed by atoms with E-state index in [1.165, 1.54) is 11.0 Å². The summed E-state index contributed by atoms with van der Waals surface area (Å²) in [6.45, 7) is 1.91. The number of allylic oxidation sites excluding steroid dienone is 5. The first-order valence-electron chi connectivity index (χ1n) is 6.60. The van der Waals surface area contributed by atoms with E-state index in [1.807, 2.05) is 25.2 Å². The first kappa shape index (κ1) is 15.4. The highest BCUT2D eigenvalue weighted by molar-refractivity contribution is 5.95. The number of aliphatic hydroxyl groups is 1. The Bertz CT molecular complexity index is 377. The van der Waals surface area contributed by atoms with Gasteiger partial charge in [0.2, 0.25) is 6.41 Å². The lowest BCUT2D eigenvalue weighted by Crippen LogP contribution is -2.41. The summed E-state index contributed by atoms with van der Waals surface area (Å²) in [4.78, 5) is 24.2. The largest absolute Gasteiger partial charge is 0.393 e. The zero-order valence-electron chi connectivity index (χ0n) is 11.2. The average Bonchev–Trinajstić information content (AvgIpc) is 2.41. The molecule has 0 heterocycles. The maximum atomic E-state index is 11.9. The van der Waals surface area contributed by atoms with Gasteiger partial charge in [0, 0.05) is 12.1 Å². The Kier molecular flexibility index (Phi) is 6.82. The van der Waals surface area contributed by atoms with Gasteiger partial charge in [-0.15, -0.1) is 0 Å². The van der Waals surface area contributed by atoms with Gasteiger partial charge in [-0.05, 0) is 32.6 Å². The van der Waals surface area contributed by atoms with E-state index in [2.05, 4.69) is 0 Å². The van der Waals surface area contributed by atoms with Crippen LogP contribution in [0.2, 0.25) is 0 Å². The van der Waals surface area contributed by atoms with Crippen molar-refractivity contribution in [3.8, 4) is 0 Å². The number of carbonyl (C=O) groups excluding carboxylic acids is 2. The van der Waals surface area contributed by atoms with Crippen LogP contribution in [0.15, 0.2) is 36.5 Å². The Labute approximate surface area is 114 Å². The van der Waals surface area contributed by atoms with Crippen LogP contribution in [0.1, 0.15) is 32.6 Å². The normalized spacial score (nSPS) is 24.3. The Morgan fingerprint density at radius 1 is 1.11 bits per heavy atom. The van der Waals surface area contributed by atoms with Crippen molar-refractivity contribution in [2.75, 3.05) is 0 Å². The van der Waals surface area contributed by atoms with Gasteiger partial charge in [-0.2, -0.15) is 0 Å². The van der Waals surface area contributed by atoms with E-state index >= 15 is 0 Å². The number of nitrogens with zero attached hydrogens (tertiary/aromatic N) is 1. The van der Waals surface area contributed by atoms with Gasteiger partial charge in [-0.25, -0.2) is 0 Å². The number of rotatable bonds is 5. The topological polar surface area (TPSA) is 57.6 Å². The van der Waals surface area contributed by atoms with Crippen LogP contribution in [0.4, 0.5) is 0 Å². The summed E-state index contributed by atoms with van der Waals surface area (Å²) in [6.07, 6.45) is 13.2. The Morgan fingerprint density at radius 3 is 2.32 bits per heavy atom. The molecule has 0 aromatic rings. The Hall–Kier alpha value is -1.68. The van der Waals surface area contributed by atoms with E-state index in [4.69, 9.17) is 0 Å². The molecular weight excluding hydrogens is 242 g/mol. The molecule has 19 heavy (non-hydrogen) atoms. The second-order valence-electron chi connectivity index (χ2n) is 4.58. The van der Waals surface area contributed by atoms with Crippen LogP contribution >= 0.6 is 0 Å². The van der Waals surface area contributed by atoms with Crippen molar-refractivity contribution in [3.63, 3.8) is 0 Å². The molecule has 0 unspecified atom stereocenters. The highest BCUT2D eigenvalue weighted by Gasteiger charge is 2.26. The highest BCUT2D eigenvalue weighted by Crippen LogP contribution is 2.22. The standard InChI is InChI=1S/C15H21NO3/c1-2-3-4-5-6-7-15(19)16(12-17)13-8-10-14(18)11-9-13/h2-7,12-14,18H,8-11H2,1H3/b3-2-,5-4-,7-6+. The van der Waals surface area contributed by atoms with Gasteiger partial charge in [0.1, 0.15) is 0 Å². The molecule has 0 atom stereocenters. The summed E-state index contributed by atoms with van der Waals surface area (Å²) in [5.41, 5.74) is 0. The fourth-order valence-electron chi connectivity index (χ4n) is 2.12. The maximum absolute atomic E-state index is 11.9. The molecule has 4 heteroatoms. The van der Waals surface area contributed by atoms with Gasteiger partial charge in [0.05, 0.1) is 6.10 Å². The summed E-state index contributed by atoms with van der Waals surface area (Å²) in [6, 6.07) is -0.0856. The number of aliphatic hydroxyl groups excluding tert-OH is 1. The van der Waals surface area contributed by atoms with Crippen LogP contribution in [0.25, 0.3) is 0 Å². The highest BCUT2D eigenvalue weighted by atomic mass is 16.3. The van der Waals surface area contributed by atoms with Crippen molar-refractivity contribution in [3.05, 3.63) is 36.5 Å². The smallest absolute Gasteiger partial charge is 0.253 e. The molecule has 1 N–H and O–H groups in total. The van der Waals surface area contributed by atoms with Gasteiger partial charge in [-0.3, -0.25) is 14.5 Å². The van der Waals surface area contributed by atoms with Crippen molar-refractivity contribution < 1.29 is 14.7 Å². The molecule has 0 spiro atoms. The molecule has 0 radical (unpaired) electrons. The van der Waals surface area contributed by atoms with Crippen LogP contribution in [-0.2, 0) is 9.59 Å². The minimum Gasteiger partial charge on any atom is -0.393 e. The van der Waals surface area contributed by atoms with Crippen molar-refractivity contribution in [1.82, 2.24) is 4.90 Å².